The van der Waals surface area contributed by atoms with Crippen molar-refractivity contribution in [1.29, 1.82) is 0 Å². The maximum atomic E-state index is 12.1. The van der Waals surface area contributed by atoms with Crippen molar-refractivity contribution < 1.29 is 19.1 Å². The Bertz CT molecular complexity index is 465. The van der Waals surface area contributed by atoms with E-state index < -0.39 is 12.0 Å². The molecule has 1 N–H and O–H groups in total. The Kier molecular flexibility index (Phi) is 3.40. The fourth-order valence-corrected chi connectivity index (χ4v) is 4.14. The van der Waals surface area contributed by atoms with Gasteiger partial charge in [-0.25, -0.2) is 4.79 Å². The van der Waals surface area contributed by atoms with Crippen molar-refractivity contribution in [2.75, 3.05) is 12.4 Å². The molecule has 1 saturated carbocycles. The van der Waals surface area contributed by atoms with Crippen molar-refractivity contribution in [3.8, 4) is 0 Å². The van der Waals surface area contributed by atoms with Crippen LogP contribution in [0.5, 0.6) is 0 Å². The van der Waals surface area contributed by atoms with Gasteiger partial charge in [-0.3, -0.25) is 9.59 Å². The molecule has 3 aliphatic rings. The number of hydrogen-bond donors (Lipinski definition) is 1. The third-order valence-corrected chi connectivity index (χ3v) is 5.51. The van der Waals surface area contributed by atoms with Gasteiger partial charge in [0.1, 0.15) is 6.04 Å². The Morgan fingerprint density at radius 1 is 1.50 bits per heavy atom. The third-order valence-electron chi connectivity index (χ3n) is 4.00. The number of hydrogen-bond acceptors (Lipinski definition) is 5. The lowest BCUT2D eigenvalue weighted by Crippen LogP contribution is -2.47. The highest BCUT2D eigenvalue weighted by atomic mass is 32.2. The van der Waals surface area contributed by atoms with E-state index in [2.05, 4.69) is 5.32 Å². The number of fused-ring (bicyclic) bond motifs is 1. The number of esters is 1. The summed E-state index contributed by atoms with van der Waals surface area (Å²) in [5.41, 5.74) is 0. The van der Waals surface area contributed by atoms with Gasteiger partial charge in [-0.1, -0.05) is 0 Å². The van der Waals surface area contributed by atoms with Crippen molar-refractivity contribution in [3.05, 3.63) is 0 Å². The zero-order valence-electron chi connectivity index (χ0n) is 11.4. The molecule has 2 atom stereocenters. The normalized spacial score (nSPS) is 32.1. The van der Waals surface area contributed by atoms with Gasteiger partial charge < -0.3 is 15.0 Å². The van der Waals surface area contributed by atoms with Crippen molar-refractivity contribution in [1.82, 2.24) is 10.2 Å². The molecule has 0 aromatic heterocycles. The van der Waals surface area contributed by atoms with E-state index in [0.29, 0.717) is 12.2 Å². The minimum Gasteiger partial charge on any atom is -0.454 e. The lowest BCUT2D eigenvalue weighted by Gasteiger charge is -2.29. The fraction of sp³-hybridized carbons (Fsp3) is 0.769. The fourth-order valence-electron chi connectivity index (χ4n) is 2.73. The molecule has 0 aromatic carbocycles. The first-order chi connectivity index (χ1) is 9.49. The Hall–Kier alpha value is -1.24. The highest BCUT2D eigenvalue weighted by Gasteiger charge is 2.53. The molecule has 0 unspecified atom stereocenters. The van der Waals surface area contributed by atoms with E-state index >= 15 is 0 Å². The molecule has 2 amide bonds. The molecule has 3 rings (SSSR count). The second-order valence-electron chi connectivity index (χ2n) is 5.72. The predicted octanol–water partition coefficient (Wildman–Crippen LogP) is 0.262. The van der Waals surface area contributed by atoms with Crippen LogP contribution in [0, 0.1) is 0 Å². The first kappa shape index (κ1) is 13.7. The number of nitrogens with zero attached hydrogens (tertiary/aromatic N) is 1. The summed E-state index contributed by atoms with van der Waals surface area (Å²) in [7, 11) is 0. The van der Waals surface area contributed by atoms with E-state index in [-0.39, 0.29) is 29.3 Å². The van der Waals surface area contributed by atoms with E-state index in [4.69, 9.17) is 4.74 Å². The van der Waals surface area contributed by atoms with Crippen molar-refractivity contribution in [3.63, 3.8) is 0 Å². The topological polar surface area (TPSA) is 75.7 Å². The molecule has 7 heteroatoms. The summed E-state index contributed by atoms with van der Waals surface area (Å²) < 4.78 is 5.06. The van der Waals surface area contributed by atoms with E-state index in [1.54, 1.807) is 16.7 Å². The average molecular weight is 298 g/mol. The molecule has 0 bridgehead atoms. The number of rotatable bonds is 4. The maximum absolute atomic E-state index is 12.1. The van der Waals surface area contributed by atoms with Crippen LogP contribution in [0.15, 0.2) is 0 Å². The molecular weight excluding hydrogens is 280 g/mol. The van der Waals surface area contributed by atoms with Gasteiger partial charge in [0, 0.05) is 18.2 Å². The molecule has 2 aliphatic heterocycles. The maximum Gasteiger partial charge on any atom is 0.330 e. The summed E-state index contributed by atoms with van der Waals surface area (Å²) in [5, 5.41) is 2.76. The van der Waals surface area contributed by atoms with E-state index in [0.717, 1.165) is 19.3 Å². The number of amides is 2. The summed E-state index contributed by atoms with van der Waals surface area (Å²) in [4.78, 5) is 36.8. The van der Waals surface area contributed by atoms with Gasteiger partial charge in [0.2, 0.25) is 5.91 Å². The summed E-state index contributed by atoms with van der Waals surface area (Å²) in [5.74, 6) is -0.183. The molecule has 1 aliphatic carbocycles. The number of ether oxygens (including phenoxy) is 1. The van der Waals surface area contributed by atoms with Crippen LogP contribution in [0.25, 0.3) is 0 Å². The molecule has 2 heterocycles. The van der Waals surface area contributed by atoms with Gasteiger partial charge >= 0.3 is 5.97 Å². The van der Waals surface area contributed by atoms with Crippen LogP contribution in [0.2, 0.25) is 0 Å². The highest BCUT2D eigenvalue weighted by Crippen LogP contribution is 2.47. The van der Waals surface area contributed by atoms with Crippen molar-refractivity contribution in [2.45, 2.75) is 49.6 Å². The van der Waals surface area contributed by atoms with Crippen LogP contribution in [0.3, 0.4) is 0 Å². The Morgan fingerprint density at radius 3 is 2.95 bits per heavy atom. The quantitative estimate of drug-likeness (QED) is 0.754. The summed E-state index contributed by atoms with van der Waals surface area (Å²) >= 11 is 1.61. The van der Waals surface area contributed by atoms with E-state index in [1.165, 1.54) is 0 Å². The third kappa shape index (κ3) is 2.51. The van der Waals surface area contributed by atoms with Gasteiger partial charge in [-0.2, -0.15) is 0 Å². The van der Waals surface area contributed by atoms with Crippen LogP contribution < -0.4 is 5.32 Å². The predicted molar refractivity (Wildman–Crippen MR) is 72.9 cm³/mol. The first-order valence-corrected chi connectivity index (χ1v) is 7.90. The molecule has 2 saturated heterocycles. The van der Waals surface area contributed by atoms with Gasteiger partial charge in [0.25, 0.3) is 5.91 Å². The summed E-state index contributed by atoms with van der Waals surface area (Å²) in [6.45, 7) is 1.73. The summed E-state index contributed by atoms with van der Waals surface area (Å²) in [6.07, 6.45) is 3.25. The van der Waals surface area contributed by atoms with Gasteiger partial charge in [-0.05, 0) is 26.2 Å². The van der Waals surface area contributed by atoms with E-state index in [9.17, 15) is 14.4 Å². The van der Waals surface area contributed by atoms with Crippen LogP contribution in [-0.2, 0) is 19.1 Å². The standard InChI is InChI=1S/C13H18N2O4S/c1-13-5-4-11(17)15(13)9(7-20-13)12(18)19-6-10(16)14-8-2-3-8/h8-9H,2-7H2,1H3,(H,14,16)/t9-,13-/m1/s1. The van der Waals surface area contributed by atoms with Crippen LogP contribution >= 0.6 is 11.8 Å². The Labute approximate surface area is 121 Å². The van der Waals surface area contributed by atoms with E-state index in [1.807, 2.05) is 6.92 Å². The molecule has 3 fully saturated rings. The van der Waals surface area contributed by atoms with Crippen LogP contribution in [0.1, 0.15) is 32.6 Å². The van der Waals surface area contributed by atoms with Crippen LogP contribution in [0.4, 0.5) is 0 Å². The molecule has 110 valence electrons. The molecule has 0 aromatic rings. The SMILES string of the molecule is C[C@@]12CCC(=O)N1[C@@H](C(=O)OCC(=O)NC1CC1)CS2. The first-order valence-electron chi connectivity index (χ1n) is 6.92. The Balaban J connectivity index is 1.54. The second kappa shape index (κ2) is 4.95. The minimum atomic E-state index is -0.547. The smallest absolute Gasteiger partial charge is 0.330 e. The van der Waals surface area contributed by atoms with Gasteiger partial charge in [-0.15, -0.1) is 11.8 Å². The Morgan fingerprint density at radius 2 is 2.25 bits per heavy atom. The lowest BCUT2D eigenvalue weighted by atomic mass is 10.2. The number of nitrogens with one attached hydrogen (secondary N) is 1. The zero-order chi connectivity index (χ0) is 14.3. The van der Waals surface area contributed by atoms with Gasteiger partial charge in [0.15, 0.2) is 6.61 Å². The van der Waals surface area contributed by atoms with Crippen molar-refractivity contribution >= 4 is 29.5 Å². The van der Waals surface area contributed by atoms with Crippen molar-refractivity contribution in [2.24, 2.45) is 0 Å². The molecule has 0 radical (unpaired) electrons. The number of carbonyl (C=O) groups excluding carboxylic acids is 3. The van der Waals surface area contributed by atoms with Crippen LogP contribution in [-0.4, -0.2) is 52.0 Å². The zero-order valence-corrected chi connectivity index (χ0v) is 12.2. The molecular formula is C13H18N2O4S. The monoisotopic (exact) mass is 298 g/mol. The molecule has 0 spiro atoms. The average Bonchev–Trinajstić information content (AvgIpc) is 3.07. The highest BCUT2D eigenvalue weighted by molar-refractivity contribution is 8.01. The second-order valence-corrected chi connectivity index (χ2v) is 7.22. The largest absolute Gasteiger partial charge is 0.454 e. The minimum absolute atomic E-state index is 0.00174. The number of carbonyl (C=O) groups is 3. The van der Waals surface area contributed by atoms with Gasteiger partial charge in [0.05, 0.1) is 4.87 Å². The summed E-state index contributed by atoms with van der Waals surface area (Å²) in [6, 6.07) is -0.291. The number of thioether (sulfide) groups is 1. The molecule has 6 nitrogen and oxygen atoms in total. The molecule has 20 heavy (non-hydrogen) atoms. The lowest BCUT2D eigenvalue weighted by molar-refractivity contribution is -0.156.